The van der Waals surface area contributed by atoms with Crippen LogP contribution in [0.5, 0.6) is 5.75 Å². The van der Waals surface area contributed by atoms with Gasteiger partial charge in [-0.3, -0.25) is 4.79 Å². The fourth-order valence-corrected chi connectivity index (χ4v) is 2.81. The van der Waals surface area contributed by atoms with Crippen molar-refractivity contribution >= 4 is 5.91 Å². The number of benzene rings is 2. The SMILES string of the molecule is COc1ccccc1-c1noc([C@@H](C)NC(=O)c2ccc(C(C)(C)C)cc2)n1. The third-order valence-electron chi connectivity index (χ3n) is 4.52. The van der Waals surface area contributed by atoms with Crippen LogP contribution in [-0.4, -0.2) is 23.2 Å². The highest BCUT2D eigenvalue weighted by atomic mass is 16.5. The van der Waals surface area contributed by atoms with Crippen LogP contribution >= 0.6 is 0 Å². The highest BCUT2D eigenvalue weighted by molar-refractivity contribution is 5.94. The molecule has 1 heterocycles. The van der Waals surface area contributed by atoms with Crippen molar-refractivity contribution in [2.45, 2.75) is 39.2 Å². The monoisotopic (exact) mass is 379 g/mol. The summed E-state index contributed by atoms with van der Waals surface area (Å²) in [6.45, 7) is 8.22. The first kappa shape index (κ1) is 19.6. The van der Waals surface area contributed by atoms with Crippen molar-refractivity contribution in [2.75, 3.05) is 7.11 Å². The average molecular weight is 379 g/mol. The molecule has 0 radical (unpaired) electrons. The number of amides is 1. The Kier molecular flexibility index (Phi) is 5.49. The number of hydrogen-bond donors (Lipinski definition) is 1. The zero-order valence-corrected chi connectivity index (χ0v) is 16.8. The molecule has 2 aromatic carbocycles. The van der Waals surface area contributed by atoms with E-state index in [9.17, 15) is 4.79 Å². The number of carbonyl (C=O) groups excluding carboxylic acids is 1. The molecule has 3 aromatic rings. The molecule has 0 bridgehead atoms. The van der Waals surface area contributed by atoms with Crippen molar-refractivity contribution in [3.63, 3.8) is 0 Å². The molecule has 6 heteroatoms. The Morgan fingerprint density at radius 2 is 1.79 bits per heavy atom. The summed E-state index contributed by atoms with van der Waals surface area (Å²) < 4.78 is 10.7. The fourth-order valence-electron chi connectivity index (χ4n) is 2.81. The van der Waals surface area contributed by atoms with Crippen LogP contribution in [0.4, 0.5) is 0 Å². The summed E-state index contributed by atoms with van der Waals surface area (Å²) in [5.41, 5.74) is 2.54. The van der Waals surface area contributed by atoms with Crippen LogP contribution in [0.3, 0.4) is 0 Å². The quantitative estimate of drug-likeness (QED) is 0.704. The van der Waals surface area contributed by atoms with Crippen LogP contribution in [0.15, 0.2) is 53.1 Å². The molecule has 0 spiro atoms. The lowest BCUT2D eigenvalue weighted by atomic mass is 9.86. The number of carbonyl (C=O) groups is 1. The number of nitrogens with one attached hydrogen (secondary N) is 1. The van der Waals surface area contributed by atoms with Gasteiger partial charge >= 0.3 is 0 Å². The van der Waals surface area contributed by atoms with E-state index < -0.39 is 6.04 Å². The molecule has 0 saturated heterocycles. The number of methoxy groups -OCH3 is 1. The summed E-state index contributed by atoms with van der Waals surface area (Å²) in [5.74, 6) is 1.22. The van der Waals surface area contributed by atoms with Crippen molar-refractivity contribution < 1.29 is 14.1 Å². The van der Waals surface area contributed by atoms with Crippen LogP contribution in [0.2, 0.25) is 0 Å². The molecular formula is C22H25N3O3. The van der Waals surface area contributed by atoms with E-state index in [0.29, 0.717) is 23.0 Å². The molecule has 1 aromatic heterocycles. The van der Waals surface area contributed by atoms with E-state index in [-0.39, 0.29) is 11.3 Å². The highest BCUT2D eigenvalue weighted by Crippen LogP contribution is 2.28. The Labute approximate surface area is 164 Å². The van der Waals surface area contributed by atoms with Crippen molar-refractivity contribution in [2.24, 2.45) is 0 Å². The minimum absolute atomic E-state index is 0.0426. The maximum atomic E-state index is 12.5. The first-order valence-electron chi connectivity index (χ1n) is 9.18. The third-order valence-corrected chi connectivity index (χ3v) is 4.52. The van der Waals surface area contributed by atoms with E-state index in [1.54, 1.807) is 14.0 Å². The lowest BCUT2D eigenvalue weighted by molar-refractivity contribution is 0.0932. The van der Waals surface area contributed by atoms with E-state index in [4.69, 9.17) is 9.26 Å². The predicted molar refractivity (Wildman–Crippen MR) is 107 cm³/mol. The maximum absolute atomic E-state index is 12.5. The normalized spacial score (nSPS) is 12.5. The van der Waals surface area contributed by atoms with Gasteiger partial charge in [-0.1, -0.05) is 50.2 Å². The maximum Gasteiger partial charge on any atom is 0.251 e. The Hall–Kier alpha value is -3.15. The largest absolute Gasteiger partial charge is 0.496 e. The number of rotatable bonds is 5. The van der Waals surface area contributed by atoms with Crippen molar-refractivity contribution in [1.82, 2.24) is 15.5 Å². The van der Waals surface area contributed by atoms with E-state index >= 15 is 0 Å². The van der Waals surface area contributed by atoms with Crippen molar-refractivity contribution in [3.05, 3.63) is 65.5 Å². The lowest BCUT2D eigenvalue weighted by Crippen LogP contribution is -2.27. The summed E-state index contributed by atoms with van der Waals surface area (Å²) in [5, 5.41) is 6.91. The van der Waals surface area contributed by atoms with Gasteiger partial charge in [-0.2, -0.15) is 4.98 Å². The first-order chi connectivity index (χ1) is 13.3. The van der Waals surface area contributed by atoms with E-state index in [1.807, 2.05) is 48.5 Å². The average Bonchev–Trinajstić information content (AvgIpc) is 3.17. The summed E-state index contributed by atoms with van der Waals surface area (Å²) in [6.07, 6.45) is 0. The van der Waals surface area contributed by atoms with Gasteiger partial charge in [0.05, 0.1) is 12.7 Å². The Bertz CT molecular complexity index is 956. The first-order valence-corrected chi connectivity index (χ1v) is 9.18. The molecule has 0 saturated carbocycles. The molecule has 0 unspecified atom stereocenters. The summed E-state index contributed by atoms with van der Waals surface area (Å²) in [4.78, 5) is 17.0. The Balaban J connectivity index is 1.72. The Morgan fingerprint density at radius 1 is 1.11 bits per heavy atom. The molecule has 1 N–H and O–H groups in total. The van der Waals surface area contributed by atoms with Crippen molar-refractivity contribution in [1.29, 1.82) is 0 Å². The van der Waals surface area contributed by atoms with Gasteiger partial charge in [-0.05, 0) is 42.2 Å². The molecule has 0 aliphatic carbocycles. The summed E-state index contributed by atoms with van der Waals surface area (Å²) >= 11 is 0. The molecule has 1 amide bonds. The number of para-hydroxylation sites is 1. The van der Waals surface area contributed by atoms with Crippen molar-refractivity contribution in [3.8, 4) is 17.1 Å². The zero-order chi connectivity index (χ0) is 20.3. The second kappa shape index (κ2) is 7.84. The molecule has 1 atom stereocenters. The van der Waals surface area contributed by atoms with Crippen LogP contribution in [-0.2, 0) is 5.41 Å². The van der Waals surface area contributed by atoms with Gasteiger partial charge in [0.2, 0.25) is 11.7 Å². The van der Waals surface area contributed by atoms with E-state index in [1.165, 1.54) is 5.56 Å². The number of aromatic nitrogens is 2. The van der Waals surface area contributed by atoms with Gasteiger partial charge in [-0.25, -0.2) is 0 Å². The number of ether oxygens (including phenoxy) is 1. The highest BCUT2D eigenvalue weighted by Gasteiger charge is 2.20. The van der Waals surface area contributed by atoms with E-state index in [0.717, 1.165) is 5.56 Å². The smallest absolute Gasteiger partial charge is 0.251 e. The Morgan fingerprint density at radius 3 is 2.43 bits per heavy atom. The fraction of sp³-hybridized carbons (Fsp3) is 0.318. The minimum Gasteiger partial charge on any atom is -0.496 e. The molecule has 146 valence electrons. The van der Waals surface area contributed by atoms with Gasteiger partial charge in [0.25, 0.3) is 5.91 Å². The molecule has 6 nitrogen and oxygen atoms in total. The third kappa shape index (κ3) is 4.22. The number of hydrogen-bond acceptors (Lipinski definition) is 5. The number of nitrogens with zero attached hydrogens (tertiary/aromatic N) is 2. The molecule has 28 heavy (non-hydrogen) atoms. The molecule has 0 aliphatic rings. The second-order valence-corrected chi connectivity index (χ2v) is 7.68. The van der Waals surface area contributed by atoms with E-state index in [2.05, 4.69) is 36.2 Å². The topological polar surface area (TPSA) is 77.3 Å². The van der Waals surface area contributed by atoms with Gasteiger partial charge in [0.15, 0.2) is 0 Å². The summed E-state index contributed by atoms with van der Waals surface area (Å²) in [7, 11) is 1.59. The molecule has 3 rings (SSSR count). The lowest BCUT2D eigenvalue weighted by Gasteiger charge is -2.19. The van der Waals surface area contributed by atoms with Crippen LogP contribution in [0.25, 0.3) is 11.4 Å². The van der Waals surface area contributed by atoms with Gasteiger partial charge < -0.3 is 14.6 Å². The van der Waals surface area contributed by atoms with Crippen LogP contribution in [0.1, 0.15) is 55.5 Å². The molecular weight excluding hydrogens is 354 g/mol. The second-order valence-electron chi connectivity index (χ2n) is 7.68. The van der Waals surface area contributed by atoms with Crippen LogP contribution < -0.4 is 10.1 Å². The van der Waals surface area contributed by atoms with Crippen LogP contribution in [0, 0.1) is 0 Å². The predicted octanol–water partition coefficient (Wildman–Crippen LogP) is 4.53. The summed E-state index contributed by atoms with van der Waals surface area (Å²) in [6, 6.07) is 14.6. The zero-order valence-electron chi connectivity index (χ0n) is 16.8. The standard InChI is InChI=1S/C22H25N3O3/c1-14(23-20(26)15-10-12-16(13-11-15)22(2,3)4)21-24-19(25-28-21)17-8-6-7-9-18(17)27-5/h6-14H,1-5H3,(H,23,26)/t14-/m1/s1. The van der Waals surface area contributed by atoms with Gasteiger partial charge in [0.1, 0.15) is 11.8 Å². The van der Waals surface area contributed by atoms with Gasteiger partial charge in [0, 0.05) is 5.56 Å². The molecule has 0 fully saturated rings. The molecule has 0 aliphatic heterocycles. The van der Waals surface area contributed by atoms with Gasteiger partial charge in [-0.15, -0.1) is 0 Å². The minimum atomic E-state index is -0.425.